The SMILES string of the molecule is c1ccc(C2(c3ccccc3)c3ccccc3-c3c(-c4ccc5oc6cc7c(cc6c5c4)oc4ccc(-c5cccc(-c6cccc(-c8ccc9c%10ccccc%10c%10ccccc%10c9c8)c6)c5)cc47)cccc32)cc1. The summed E-state index contributed by atoms with van der Waals surface area (Å²) in [5.41, 5.74) is 19.9. The van der Waals surface area contributed by atoms with Crippen molar-refractivity contribution in [3.05, 3.63) is 289 Å². The number of hydrogen-bond donors (Lipinski definition) is 0. The minimum Gasteiger partial charge on any atom is -0.456 e. The van der Waals surface area contributed by atoms with Crippen molar-refractivity contribution in [1.82, 2.24) is 0 Å². The maximum Gasteiger partial charge on any atom is 0.136 e. The van der Waals surface area contributed by atoms with Crippen LogP contribution in [0.3, 0.4) is 0 Å². The molecule has 0 radical (unpaired) electrons. The lowest BCUT2D eigenvalue weighted by Gasteiger charge is -2.34. The Morgan fingerprint density at radius 1 is 0.213 bits per heavy atom. The topological polar surface area (TPSA) is 26.3 Å². The second-order valence-corrected chi connectivity index (χ2v) is 20.2. The molecule has 15 aromatic rings. The summed E-state index contributed by atoms with van der Waals surface area (Å²) >= 11 is 0. The molecule has 16 rings (SSSR count). The first kappa shape index (κ1) is 41.8. The van der Waals surface area contributed by atoms with Gasteiger partial charge in [0.15, 0.2) is 0 Å². The van der Waals surface area contributed by atoms with Crippen molar-refractivity contribution in [2.45, 2.75) is 5.41 Å². The van der Waals surface area contributed by atoms with Gasteiger partial charge >= 0.3 is 0 Å². The van der Waals surface area contributed by atoms with Gasteiger partial charge in [-0.3, -0.25) is 0 Å². The highest BCUT2D eigenvalue weighted by molar-refractivity contribution is 6.26. The van der Waals surface area contributed by atoms with Crippen molar-refractivity contribution in [2.75, 3.05) is 0 Å². The molecule has 0 atom stereocenters. The van der Waals surface area contributed by atoms with E-state index in [0.29, 0.717) is 0 Å². The number of hydrogen-bond acceptors (Lipinski definition) is 2. The number of rotatable bonds is 6. The van der Waals surface area contributed by atoms with E-state index in [2.05, 4.69) is 267 Å². The smallest absolute Gasteiger partial charge is 0.136 e. The molecule has 2 heterocycles. The van der Waals surface area contributed by atoms with Crippen molar-refractivity contribution in [1.29, 1.82) is 0 Å². The average molecular weight is 953 g/mol. The van der Waals surface area contributed by atoms with Gasteiger partial charge in [0.2, 0.25) is 0 Å². The van der Waals surface area contributed by atoms with Crippen LogP contribution in [0.15, 0.2) is 276 Å². The molecule has 0 aliphatic heterocycles. The largest absolute Gasteiger partial charge is 0.456 e. The fourth-order valence-corrected chi connectivity index (χ4v) is 13.0. The normalized spacial score (nSPS) is 12.9. The van der Waals surface area contributed by atoms with E-state index >= 15 is 0 Å². The number of furan rings is 2. The van der Waals surface area contributed by atoms with Crippen LogP contribution in [0.4, 0.5) is 0 Å². The first-order valence-electron chi connectivity index (χ1n) is 25.9. The molecule has 2 aromatic heterocycles. The van der Waals surface area contributed by atoms with Crippen molar-refractivity contribution in [3.8, 4) is 55.6 Å². The summed E-state index contributed by atoms with van der Waals surface area (Å²) in [4.78, 5) is 0. The van der Waals surface area contributed by atoms with Gasteiger partial charge in [0.05, 0.1) is 5.41 Å². The molecule has 2 heteroatoms. The molecule has 0 unspecified atom stereocenters. The van der Waals surface area contributed by atoms with E-state index in [-0.39, 0.29) is 0 Å². The molecule has 0 saturated heterocycles. The number of benzene rings is 13. The molecule has 75 heavy (non-hydrogen) atoms. The highest BCUT2D eigenvalue weighted by Crippen LogP contribution is 2.58. The van der Waals surface area contributed by atoms with Gasteiger partial charge in [-0.2, -0.15) is 0 Å². The summed E-state index contributed by atoms with van der Waals surface area (Å²) in [6.07, 6.45) is 0. The minimum atomic E-state index is -0.467. The lowest BCUT2D eigenvalue weighted by molar-refractivity contribution is 0.664. The van der Waals surface area contributed by atoms with Crippen molar-refractivity contribution in [2.24, 2.45) is 0 Å². The Labute approximate surface area is 433 Å². The second-order valence-electron chi connectivity index (χ2n) is 20.2. The maximum atomic E-state index is 6.70. The Bertz CT molecular complexity index is 4750. The van der Waals surface area contributed by atoms with Gasteiger partial charge in [-0.1, -0.05) is 212 Å². The third-order valence-electron chi connectivity index (χ3n) is 16.3. The molecule has 0 bridgehead atoms. The second kappa shape index (κ2) is 16.1. The van der Waals surface area contributed by atoms with Crippen LogP contribution >= 0.6 is 0 Å². The predicted molar refractivity (Wildman–Crippen MR) is 313 cm³/mol. The molecular formula is C73H44O2. The predicted octanol–water partition coefficient (Wildman–Crippen LogP) is 20.0. The first-order valence-corrected chi connectivity index (χ1v) is 25.9. The molecule has 1 aliphatic carbocycles. The van der Waals surface area contributed by atoms with Gasteiger partial charge in [-0.25, -0.2) is 0 Å². The molecule has 0 fully saturated rings. The number of fused-ring (bicyclic) bond motifs is 15. The Kier molecular flexibility index (Phi) is 8.99. The minimum absolute atomic E-state index is 0.467. The summed E-state index contributed by atoms with van der Waals surface area (Å²) < 4.78 is 13.4. The van der Waals surface area contributed by atoms with Crippen molar-refractivity contribution >= 4 is 76.2 Å². The van der Waals surface area contributed by atoms with Gasteiger partial charge in [0, 0.05) is 21.5 Å². The Hall–Kier alpha value is -9.76. The molecule has 13 aromatic carbocycles. The van der Waals surface area contributed by atoms with Crippen molar-refractivity contribution < 1.29 is 8.83 Å². The fraction of sp³-hybridized carbons (Fsp3) is 0.0137. The molecule has 1 aliphatic rings. The zero-order valence-corrected chi connectivity index (χ0v) is 40.7. The molecule has 0 spiro atoms. The van der Waals surface area contributed by atoms with Crippen LogP contribution in [-0.2, 0) is 5.41 Å². The first-order chi connectivity index (χ1) is 37.2. The standard InChI is InChI=1S/C73H44O2/c1-3-20-52(21-4-1)73(53-22-5-2-6-23-53)66-30-12-11-28-60(66)72-54(29-15-31-67(72)73)51-34-37-69-63(42-51)65-44-70-64(43-71(65)75-69)62-41-50(33-36-68(62)74-70)48-19-14-17-46(39-48)45-16-13-18-47(38-45)49-32-35-59-57-26-8-7-24-55(57)56-25-9-10-27-58(56)61(59)40-49/h1-44H. The van der Waals surface area contributed by atoms with Gasteiger partial charge in [0.1, 0.15) is 22.3 Å². The van der Waals surface area contributed by atoms with Gasteiger partial charge in [-0.05, 0) is 165 Å². The molecule has 0 N–H and O–H groups in total. The summed E-state index contributed by atoms with van der Waals surface area (Å²) in [5, 5.41) is 11.9. The summed E-state index contributed by atoms with van der Waals surface area (Å²) in [5.74, 6) is 0. The van der Waals surface area contributed by atoms with Gasteiger partial charge < -0.3 is 8.83 Å². The van der Waals surface area contributed by atoms with E-state index < -0.39 is 5.41 Å². The zero-order chi connectivity index (χ0) is 49.2. The third-order valence-corrected chi connectivity index (χ3v) is 16.3. The maximum absolute atomic E-state index is 6.70. The van der Waals surface area contributed by atoms with Crippen LogP contribution in [0, 0.1) is 0 Å². The summed E-state index contributed by atoms with van der Waals surface area (Å²) in [7, 11) is 0. The van der Waals surface area contributed by atoms with E-state index in [0.717, 1.165) is 60.6 Å². The van der Waals surface area contributed by atoms with E-state index in [1.54, 1.807) is 0 Å². The Morgan fingerprint density at radius 2 is 0.600 bits per heavy atom. The van der Waals surface area contributed by atoms with Crippen LogP contribution in [-0.4, -0.2) is 0 Å². The van der Waals surface area contributed by atoms with Crippen LogP contribution in [0.1, 0.15) is 22.3 Å². The molecule has 0 saturated carbocycles. The van der Waals surface area contributed by atoms with E-state index in [1.165, 1.54) is 93.5 Å². The molecule has 2 nitrogen and oxygen atoms in total. The lowest BCUT2D eigenvalue weighted by Crippen LogP contribution is -2.28. The summed E-state index contributed by atoms with van der Waals surface area (Å²) in [6, 6.07) is 97.7. The molecule has 0 amide bonds. The third kappa shape index (κ3) is 6.21. The van der Waals surface area contributed by atoms with Gasteiger partial charge in [-0.15, -0.1) is 0 Å². The Morgan fingerprint density at radius 3 is 1.17 bits per heavy atom. The lowest BCUT2D eigenvalue weighted by atomic mass is 9.67. The van der Waals surface area contributed by atoms with Gasteiger partial charge in [0.25, 0.3) is 0 Å². The summed E-state index contributed by atoms with van der Waals surface area (Å²) in [6.45, 7) is 0. The quantitative estimate of drug-likeness (QED) is 0.155. The van der Waals surface area contributed by atoms with Crippen LogP contribution in [0.25, 0.3) is 132 Å². The Balaban J connectivity index is 0.763. The monoisotopic (exact) mass is 952 g/mol. The van der Waals surface area contributed by atoms with Crippen LogP contribution in [0.5, 0.6) is 0 Å². The fourth-order valence-electron chi connectivity index (χ4n) is 13.0. The highest BCUT2D eigenvalue weighted by atomic mass is 16.3. The van der Waals surface area contributed by atoms with E-state index in [9.17, 15) is 0 Å². The van der Waals surface area contributed by atoms with Crippen LogP contribution < -0.4 is 0 Å². The van der Waals surface area contributed by atoms with Crippen LogP contribution in [0.2, 0.25) is 0 Å². The van der Waals surface area contributed by atoms with E-state index in [4.69, 9.17) is 8.83 Å². The van der Waals surface area contributed by atoms with Crippen molar-refractivity contribution in [3.63, 3.8) is 0 Å². The highest BCUT2D eigenvalue weighted by Gasteiger charge is 2.46. The zero-order valence-electron chi connectivity index (χ0n) is 40.7. The molecule has 348 valence electrons. The average Bonchev–Trinajstić information content (AvgIpc) is 4.25. The molecular weight excluding hydrogens is 909 g/mol. The van der Waals surface area contributed by atoms with E-state index in [1.807, 2.05) is 0 Å².